The highest BCUT2D eigenvalue weighted by Gasteiger charge is 2.15. The fourth-order valence-electron chi connectivity index (χ4n) is 2.03. The first-order chi connectivity index (χ1) is 8.95. The van der Waals surface area contributed by atoms with Crippen LogP contribution in [0.3, 0.4) is 0 Å². The number of rotatable bonds is 10. The SMILES string of the molecule is CCCCCNC(=O)NC[C@H](CC(=O)O)CC(C)C. The zero-order chi connectivity index (χ0) is 14.7. The number of amides is 2. The first-order valence-corrected chi connectivity index (χ1v) is 7.19. The molecule has 0 heterocycles. The minimum Gasteiger partial charge on any atom is -0.481 e. The summed E-state index contributed by atoms with van der Waals surface area (Å²) in [6.07, 6.45) is 4.12. The third-order valence-electron chi connectivity index (χ3n) is 2.89. The van der Waals surface area contributed by atoms with Crippen LogP contribution in [0.4, 0.5) is 4.79 Å². The molecule has 5 heteroatoms. The van der Waals surface area contributed by atoms with Gasteiger partial charge in [0.25, 0.3) is 0 Å². The van der Waals surface area contributed by atoms with Crippen molar-refractivity contribution in [1.29, 1.82) is 0 Å². The number of hydrogen-bond acceptors (Lipinski definition) is 2. The molecule has 0 spiro atoms. The first-order valence-electron chi connectivity index (χ1n) is 7.19. The van der Waals surface area contributed by atoms with E-state index in [1.165, 1.54) is 0 Å². The molecule has 0 bridgehead atoms. The third-order valence-corrected chi connectivity index (χ3v) is 2.89. The third kappa shape index (κ3) is 11.6. The Morgan fingerprint density at radius 2 is 1.84 bits per heavy atom. The van der Waals surface area contributed by atoms with Gasteiger partial charge in [-0.05, 0) is 24.7 Å². The van der Waals surface area contributed by atoms with E-state index in [9.17, 15) is 9.59 Å². The molecule has 0 saturated heterocycles. The molecule has 1 atom stereocenters. The van der Waals surface area contributed by atoms with Crippen molar-refractivity contribution in [2.75, 3.05) is 13.1 Å². The predicted molar refractivity (Wildman–Crippen MR) is 76.1 cm³/mol. The van der Waals surface area contributed by atoms with Crippen LogP contribution in [0.1, 0.15) is 52.9 Å². The summed E-state index contributed by atoms with van der Waals surface area (Å²) in [4.78, 5) is 22.3. The van der Waals surface area contributed by atoms with E-state index in [0.29, 0.717) is 19.0 Å². The Morgan fingerprint density at radius 1 is 1.16 bits per heavy atom. The van der Waals surface area contributed by atoms with E-state index in [0.717, 1.165) is 25.7 Å². The van der Waals surface area contributed by atoms with Crippen LogP contribution in [-0.2, 0) is 4.79 Å². The number of carboxylic acid groups (broad SMARTS) is 1. The van der Waals surface area contributed by atoms with Crippen LogP contribution in [0.15, 0.2) is 0 Å². The average Bonchev–Trinajstić information content (AvgIpc) is 2.30. The monoisotopic (exact) mass is 272 g/mol. The first kappa shape index (κ1) is 17.7. The van der Waals surface area contributed by atoms with Crippen LogP contribution in [-0.4, -0.2) is 30.2 Å². The molecule has 0 rings (SSSR count). The van der Waals surface area contributed by atoms with Gasteiger partial charge in [-0.2, -0.15) is 0 Å². The standard InChI is InChI=1S/C14H28N2O3/c1-4-5-6-7-15-14(19)16-10-12(8-11(2)3)9-13(17)18/h11-12H,4-10H2,1-3H3,(H,17,18)(H2,15,16,19)/t12-/m0/s1. The van der Waals surface area contributed by atoms with Crippen molar-refractivity contribution < 1.29 is 14.7 Å². The summed E-state index contributed by atoms with van der Waals surface area (Å²) in [5.41, 5.74) is 0. The number of unbranched alkanes of at least 4 members (excludes halogenated alkanes) is 2. The van der Waals surface area contributed by atoms with Gasteiger partial charge in [-0.1, -0.05) is 33.6 Å². The maximum atomic E-state index is 11.5. The molecule has 112 valence electrons. The van der Waals surface area contributed by atoms with Crippen LogP contribution in [0, 0.1) is 11.8 Å². The molecule has 0 aromatic carbocycles. The van der Waals surface area contributed by atoms with Gasteiger partial charge >= 0.3 is 12.0 Å². The van der Waals surface area contributed by atoms with Gasteiger partial charge in [0.2, 0.25) is 0 Å². The molecule has 5 nitrogen and oxygen atoms in total. The molecule has 0 saturated carbocycles. The highest BCUT2D eigenvalue weighted by atomic mass is 16.4. The number of aliphatic carboxylic acids is 1. The maximum absolute atomic E-state index is 11.5. The predicted octanol–water partition coefficient (Wildman–Crippen LogP) is 2.61. The number of carboxylic acids is 1. The molecule has 0 fully saturated rings. The van der Waals surface area contributed by atoms with Crippen LogP contribution in [0.2, 0.25) is 0 Å². The Morgan fingerprint density at radius 3 is 2.37 bits per heavy atom. The van der Waals surface area contributed by atoms with Crippen molar-refractivity contribution in [1.82, 2.24) is 10.6 Å². The summed E-state index contributed by atoms with van der Waals surface area (Å²) in [5, 5.41) is 14.4. The van der Waals surface area contributed by atoms with Gasteiger partial charge < -0.3 is 15.7 Å². The summed E-state index contributed by atoms with van der Waals surface area (Å²) in [5.74, 6) is -0.381. The molecule has 0 unspecified atom stereocenters. The van der Waals surface area contributed by atoms with Crippen LogP contribution < -0.4 is 10.6 Å². The summed E-state index contributed by atoms with van der Waals surface area (Å²) >= 11 is 0. The van der Waals surface area contributed by atoms with E-state index in [-0.39, 0.29) is 18.4 Å². The lowest BCUT2D eigenvalue weighted by Crippen LogP contribution is -2.39. The summed E-state index contributed by atoms with van der Waals surface area (Å²) in [6, 6.07) is -0.199. The van der Waals surface area contributed by atoms with E-state index < -0.39 is 5.97 Å². The maximum Gasteiger partial charge on any atom is 0.314 e. The molecular formula is C14H28N2O3. The molecule has 0 radical (unpaired) electrons. The second-order valence-corrected chi connectivity index (χ2v) is 5.44. The largest absolute Gasteiger partial charge is 0.481 e. The highest BCUT2D eigenvalue weighted by molar-refractivity contribution is 5.74. The van der Waals surface area contributed by atoms with E-state index >= 15 is 0 Å². The lowest BCUT2D eigenvalue weighted by molar-refractivity contribution is -0.138. The summed E-state index contributed by atoms with van der Waals surface area (Å²) < 4.78 is 0. The zero-order valence-corrected chi connectivity index (χ0v) is 12.4. The van der Waals surface area contributed by atoms with Gasteiger partial charge in [0.05, 0.1) is 0 Å². The number of hydrogen-bond donors (Lipinski definition) is 3. The molecule has 0 aromatic heterocycles. The zero-order valence-electron chi connectivity index (χ0n) is 12.4. The van der Waals surface area contributed by atoms with E-state index in [1.807, 2.05) is 0 Å². The van der Waals surface area contributed by atoms with Gasteiger partial charge in [0.15, 0.2) is 0 Å². The molecule has 0 aromatic rings. The summed E-state index contributed by atoms with van der Waals surface area (Å²) in [7, 11) is 0. The second-order valence-electron chi connectivity index (χ2n) is 5.44. The molecule has 0 aliphatic rings. The lowest BCUT2D eigenvalue weighted by Gasteiger charge is -2.18. The minimum atomic E-state index is -0.809. The Balaban J connectivity index is 3.88. The van der Waals surface area contributed by atoms with Crippen LogP contribution in [0.5, 0.6) is 0 Å². The van der Waals surface area contributed by atoms with E-state index in [4.69, 9.17) is 5.11 Å². The van der Waals surface area contributed by atoms with E-state index in [1.54, 1.807) is 0 Å². The van der Waals surface area contributed by atoms with E-state index in [2.05, 4.69) is 31.4 Å². The topological polar surface area (TPSA) is 78.4 Å². The van der Waals surface area contributed by atoms with Crippen LogP contribution >= 0.6 is 0 Å². The number of nitrogens with one attached hydrogen (secondary N) is 2. The van der Waals surface area contributed by atoms with Crippen LogP contribution in [0.25, 0.3) is 0 Å². The fraction of sp³-hybridized carbons (Fsp3) is 0.857. The van der Waals surface area contributed by atoms with Crippen molar-refractivity contribution in [3.63, 3.8) is 0 Å². The average molecular weight is 272 g/mol. The highest BCUT2D eigenvalue weighted by Crippen LogP contribution is 2.14. The number of carbonyl (C=O) groups excluding carboxylic acids is 1. The molecule has 19 heavy (non-hydrogen) atoms. The van der Waals surface area contributed by atoms with Gasteiger partial charge in [0.1, 0.15) is 0 Å². The molecule has 0 aliphatic heterocycles. The smallest absolute Gasteiger partial charge is 0.314 e. The molecule has 3 N–H and O–H groups in total. The lowest BCUT2D eigenvalue weighted by atomic mass is 9.94. The quantitative estimate of drug-likeness (QED) is 0.535. The Labute approximate surface area is 116 Å². The van der Waals surface area contributed by atoms with Gasteiger partial charge in [-0.25, -0.2) is 4.79 Å². The van der Waals surface area contributed by atoms with Gasteiger partial charge in [-0.3, -0.25) is 4.79 Å². The molecule has 2 amide bonds. The molecular weight excluding hydrogens is 244 g/mol. The van der Waals surface area contributed by atoms with Gasteiger partial charge in [-0.15, -0.1) is 0 Å². The number of carbonyl (C=O) groups is 2. The summed E-state index contributed by atoms with van der Waals surface area (Å²) in [6.45, 7) is 7.32. The van der Waals surface area contributed by atoms with Gasteiger partial charge in [0, 0.05) is 19.5 Å². The van der Waals surface area contributed by atoms with Crippen molar-refractivity contribution in [2.45, 2.75) is 52.9 Å². The minimum absolute atomic E-state index is 0.00103. The Kier molecular flexibility index (Phi) is 9.94. The van der Waals surface area contributed by atoms with Crippen molar-refractivity contribution in [3.05, 3.63) is 0 Å². The Hall–Kier alpha value is -1.26. The molecule has 0 aliphatic carbocycles. The fourth-order valence-corrected chi connectivity index (χ4v) is 2.03. The van der Waals surface area contributed by atoms with Crippen molar-refractivity contribution in [3.8, 4) is 0 Å². The normalized spacial score (nSPS) is 12.2. The number of urea groups is 1. The van der Waals surface area contributed by atoms with Crippen molar-refractivity contribution in [2.24, 2.45) is 11.8 Å². The Bertz CT molecular complexity index is 267. The van der Waals surface area contributed by atoms with Crippen molar-refractivity contribution >= 4 is 12.0 Å². The second kappa shape index (κ2) is 10.6.